The Morgan fingerprint density at radius 2 is 1.88 bits per heavy atom. The Morgan fingerprint density at radius 3 is 2.62 bits per heavy atom. The van der Waals surface area contributed by atoms with E-state index in [1.54, 1.807) is 36.1 Å². The van der Waals surface area contributed by atoms with Gasteiger partial charge in [-0.1, -0.05) is 41.0 Å². The molecule has 0 aliphatic carbocycles. The number of carbonyl (C=O) groups excluding carboxylic acids is 1. The fraction of sp³-hybridized carbons (Fsp3) is 0.304. The van der Waals surface area contributed by atoms with Crippen LogP contribution in [0.2, 0.25) is 5.02 Å². The predicted octanol–water partition coefficient (Wildman–Crippen LogP) is 4.45. The highest BCUT2D eigenvalue weighted by molar-refractivity contribution is 6.32. The topological polar surface area (TPSA) is 58.8 Å². The number of carbonyl (C=O) groups is 1. The van der Waals surface area contributed by atoms with Gasteiger partial charge in [0.05, 0.1) is 10.6 Å². The zero-order valence-electron chi connectivity index (χ0n) is 17.5. The van der Waals surface area contributed by atoms with Crippen LogP contribution >= 0.6 is 11.6 Å². The molecule has 1 saturated heterocycles. The molecule has 0 bridgehead atoms. The molecule has 1 aromatic heterocycles. The molecule has 3 aromatic rings. The standard InChI is InChI=1S/C23H22ClF2N3O3/c1-15-17(14-31-20-8-3-2-6-18(20)24)22(27-32-15)23(30)29-11-9-28(10-12-29)13-16-5-4-7-19(25)21(16)26/h2-8H,9-14H2,1H3. The highest BCUT2D eigenvalue weighted by Crippen LogP contribution is 2.26. The number of benzene rings is 2. The van der Waals surface area contributed by atoms with Crippen LogP contribution in [0.25, 0.3) is 0 Å². The van der Waals surface area contributed by atoms with Crippen LogP contribution < -0.4 is 4.74 Å². The maximum absolute atomic E-state index is 13.9. The van der Waals surface area contributed by atoms with Gasteiger partial charge in [0.1, 0.15) is 18.1 Å². The smallest absolute Gasteiger partial charge is 0.276 e. The van der Waals surface area contributed by atoms with Crippen molar-refractivity contribution in [3.8, 4) is 5.75 Å². The monoisotopic (exact) mass is 461 g/mol. The second-order valence-electron chi connectivity index (χ2n) is 7.57. The van der Waals surface area contributed by atoms with E-state index < -0.39 is 11.6 Å². The number of ether oxygens (including phenoxy) is 1. The summed E-state index contributed by atoms with van der Waals surface area (Å²) >= 11 is 6.13. The summed E-state index contributed by atoms with van der Waals surface area (Å²) in [6.07, 6.45) is 0. The van der Waals surface area contributed by atoms with E-state index >= 15 is 0 Å². The summed E-state index contributed by atoms with van der Waals surface area (Å²) in [5.74, 6) is -0.931. The second kappa shape index (κ2) is 9.67. The Balaban J connectivity index is 1.38. The molecule has 0 unspecified atom stereocenters. The molecule has 168 valence electrons. The van der Waals surface area contributed by atoms with Crippen LogP contribution in [0.1, 0.15) is 27.4 Å². The predicted molar refractivity (Wildman–Crippen MR) is 115 cm³/mol. The van der Waals surface area contributed by atoms with E-state index in [0.717, 1.165) is 6.07 Å². The van der Waals surface area contributed by atoms with Crippen molar-refractivity contribution >= 4 is 17.5 Å². The Kier molecular flexibility index (Phi) is 6.72. The van der Waals surface area contributed by atoms with Gasteiger partial charge in [0, 0.05) is 38.3 Å². The number of rotatable bonds is 6. The van der Waals surface area contributed by atoms with Crippen LogP contribution in [-0.2, 0) is 13.2 Å². The summed E-state index contributed by atoms with van der Waals surface area (Å²) in [6.45, 7) is 4.04. The van der Waals surface area contributed by atoms with Crippen LogP contribution in [0, 0.1) is 18.6 Å². The van der Waals surface area contributed by atoms with Crippen molar-refractivity contribution in [1.29, 1.82) is 0 Å². The summed E-state index contributed by atoms with van der Waals surface area (Å²) in [4.78, 5) is 16.7. The van der Waals surface area contributed by atoms with Gasteiger partial charge < -0.3 is 14.2 Å². The van der Waals surface area contributed by atoms with Gasteiger partial charge in [-0.25, -0.2) is 8.78 Å². The summed E-state index contributed by atoms with van der Waals surface area (Å²) in [6, 6.07) is 11.2. The fourth-order valence-corrected chi connectivity index (χ4v) is 3.80. The van der Waals surface area contributed by atoms with Gasteiger partial charge in [0.15, 0.2) is 17.3 Å². The van der Waals surface area contributed by atoms with Crippen molar-refractivity contribution in [2.45, 2.75) is 20.1 Å². The minimum absolute atomic E-state index is 0.0962. The first kappa shape index (κ1) is 22.2. The molecule has 2 heterocycles. The average Bonchev–Trinajstić information content (AvgIpc) is 3.16. The second-order valence-corrected chi connectivity index (χ2v) is 7.97. The molecule has 9 heteroatoms. The van der Waals surface area contributed by atoms with Gasteiger partial charge in [-0.05, 0) is 25.1 Å². The molecule has 0 atom stereocenters. The molecule has 32 heavy (non-hydrogen) atoms. The lowest BCUT2D eigenvalue weighted by atomic mass is 10.1. The first-order valence-electron chi connectivity index (χ1n) is 10.2. The van der Waals surface area contributed by atoms with Gasteiger partial charge in [-0.15, -0.1) is 0 Å². The van der Waals surface area contributed by atoms with Crippen molar-refractivity contribution < 1.29 is 22.8 Å². The van der Waals surface area contributed by atoms with E-state index in [1.807, 2.05) is 11.0 Å². The number of piperazine rings is 1. The Labute approximate surface area is 189 Å². The molecule has 2 aromatic carbocycles. The molecule has 0 N–H and O–H groups in total. The van der Waals surface area contributed by atoms with E-state index in [1.165, 1.54) is 6.07 Å². The number of hydrogen-bond donors (Lipinski definition) is 0. The summed E-state index contributed by atoms with van der Waals surface area (Å²) in [5, 5.41) is 4.42. The Morgan fingerprint density at radius 1 is 1.12 bits per heavy atom. The number of halogens is 3. The van der Waals surface area contributed by atoms with Crippen molar-refractivity contribution in [3.05, 3.63) is 81.7 Å². The van der Waals surface area contributed by atoms with Gasteiger partial charge >= 0.3 is 0 Å². The minimum atomic E-state index is -0.857. The van der Waals surface area contributed by atoms with E-state index in [9.17, 15) is 13.6 Å². The molecule has 0 spiro atoms. The lowest BCUT2D eigenvalue weighted by Gasteiger charge is -2.34. The summed E-state index contributed by atoms with van der Waals surface area (Å²) < 4.78 is 38.4. The Bertz CT molecular complexity index is 1110. The number of hydrogen-bond acceptors (Lipinski definition) is 5. The number of aryl methyl sites for hydroxylation is 1. The van der Waals surface area contributed by atoms with Crippen LogP contribution in [0.3, 0.4) is 0 Å². The number of amides is 1. The maximum atomic E-state index is 13.9. The zero-order valence-corrected chi connectivity index (χ0v) is 18.2. The molecule has 1 fully saturated rings. The Hall–Kier alpha value is -2.97. The summed E-state index contributed by atoms with van der Waals surface area (Å²) in [7, 11) is 0. The van der Waals surface area contributed by atoms with E-state index in [-0.39, 0.29) is 24.8 Å². The van der Waals surface area contributed by atoms with Gasteiger partial charge in [-0.2, -0.15) is 0 Å². The van der Waals surface area contributed by atoms with E-state index in [0.29, 0.717) is 53.8 Å². The van der Waals surface area contributed by atoms with E-state index in [2.05, 4.69) is 5.16 Å². The molecule has 0 radical (unpaired) electrons. The quantitative estimate of drug-likeness (QED) is 0.542. The highest BCUT2D eigenvalue weighted by atomic mass is 35.5. The average molecular weight is 462 g/mol. The lowest BCUT2D eigenvalue weighted by molar-refractivity contribution is 0.0614. The van der Waals surface area contributed by atoms with Crippen molar-refractivity contribution in [2.24, 2.45) is 0 Å². The van der Waals surface area contributed by atoms with Crippen molar-refractivity contribution in [1.82, 2.24) is 15.0 Å². The first-order chi connectivity index (χ1) is 15.4. The molecular weight excluding hydrogens is 440 g/mol. The maximum Gasteiger partial charge on any atom is 0.276 e. The van der Waals surface area contributed by atoms with Crippen LogP contribution in [-0.4, -0.2) is 47.0 Å². The normalized spacial score (nSPS) is 14.6. The SMILES string of the molecule is Cc1onc(C(=O)N2CCN(Cc3cccc(F)c3F)CC2)c1COc1ccccc1Cl. The largest absolute Gasteiger partial charge is 0.487 e. The molecule has 1 amide bonds. The number of aromatic nitrogens is 1. The lowest BCUT2D eigenvalue weighted by Crippen LogP contribution is -2.48. The van der Waals surface area contributed by atoms with Gasteiger partial charge in [0.2, 0.25) is 0 Å². The molecular formula is C23H22ClF2N3O3. The van der Waals surface area contributed by atoms with Gasteiger partial charge in [-0.3, -0.25) is 9.69 Å². The van der Waals surface area contributed by atoms with Crippen molar-refractivity contribution in [3.63, 3.8) is 0 Å². The zero-order chi connectivity index (χ0) is 22.7. The third kappa shape index (κ3) is 4.76. The molecule has 4 rings (SSSR count). The van der Waals surface area contributed by atoms with Crippen LogP contribution in [0.15, 0.2) is 47.0 Å². The molecule has 1 aliphatic heterocycles. The fourth-order valence-electron chi connectivity index (χ4n) is 3.61. The molecule has 6 nitrogen and oxygen atoms in total. The number of nitrogens with zero attached hydrogens (tertiary/aromatic N) is 3. The first-order valence-corrected chi connectivity index (χ1v) is 10.6. The third-order valence-electron chi connectivity index (χ3n) is 5.48. The van der Waals surface area contributed by atoms with Crippen LogP contribution in [0.4, 0.5) is 8.78 Å². The van der Waals surface area contributed by atoms with Crippen LogP contribution in [0.5, 0.6) is 5.75 Å². The van der Waals surface area contributed by atoms with Crippen molar-refractivity contribution in [2.75, 3.05) is 26.2 Å². The molecule has 1 aliphatic rings. The third-order valence-corrected chi connectivity index (χ3v) is 5.79. The molecule has 0 saturated carbocycles. The highest BCUT2D eigenvalue weighted by Gasteiger charge is 2.28. The minimum Gasteiger partial charge on any atom is -0.487 e. The van der Waals surface area contributed by atoms with E-state index in [4.69, 9.17) is 20.9 Å². The van der Waals surface area contributed by atoms with Gasteiger partial charge in [0.25, 0.3) is 5.91 Å². The number of para-hydroxylation sites is 1. The summed E-state index contributed by atoms with van der Waals surface area (Å²) in [5.41, 5.74) is 1.08.